The highest BCUT2D eigenvalue weighted by atomic mass is 19.1. The van der Waals surface area contributed by atoms with Crippen molar-refractivity contribution in [1.29, 1.82) is 0 Å². The number of benzene rings is 2. The minimum Gasteiger partial charge on any atom is -0.454 e. The molecule has 2 nitrogen and oxygen atoms in total. The maximum absolute atomic E-state index is 13.7. The van der Waals surface area contributed by atoms with Crippen LogP contribution in [0, 0.1) is 12.7 Å². The third-order valence-corrected chi connectivity index (χ3v) is 2.57. The Morgan fingerprint density at radius 1 is 1.12 bits per heavy atom. The van der Waals surface area contributed by atoms with E-state index in [0.29, 0.717) is 11.3 Å². The third-order valence-electron chi connectivity index (χ3n) is 2.57. The fraction of sp³-hybridized carbons (Fsp3) is 0.143. The van der Waals surface area contributed by atoms with Crippen LogP contribution in [0.4, 0.5) is 4.39 Å². The molecule has 2 N–H and O–H groups in total. The van der Waals surface area contributed by atoms with Crippen LogP contribution < -0.4 is 10.5 Å². The second-order valence-electron chi connectivity index (χ2n) is 3.80. The van der Waals surface area contributed by atoms with Crippen LogP contribution >= 0.6 is 0 Å². The lowest BCUT2D eigenvalue weighted by Gasteiger charge is -2.12. The Morgan fingerprint density at radius 3 is 2.59 bits per heavy atom. The summed E-state index contributed by atoms with van der Waals surface area (Å²) in [5.41, 5.74) is 7.18. The zero-order valence-electron chi connectivity index (χ0n) is 9.61. The van der Waals surface area contributed by atoms with E-state index in [1.165, 1.54) is 6.07 Å². The molecule has 2 aromatic rings. The predicted octanol–water partition coefficient (Wildman–Crippen LogP) is 3.39. The molecule has 0 spiro atoms. The second kappa shape index (κ2) is 4.97. The molecule has 0 radical (unpaired) electrons. The van der Waals surface area contributed by atoms with E-state index in [4.69, 9.17) is 10.5 Å². The molecule has 3 heteroatoms. The lowest BCUT2D eigenvalue weighted by atomic mass is 10.2. The van der Waals surface area contributed by atoms with Gasteiger partial charge in [0.1, 0.15) is 5.75 Å². The second-order valence-corrected chi connectivity index (χ2v) is 3.80. The first kappa shape index (κ1) is 11.6. The first-order valence-electron chi connectivity index (χ1n) is 5.43. The Balaban J connectivity index is 2.39. The summed E-state index contributed by atoms with van der Waals surface area (Å²) < 4.78 is 19.3. The Kier molecular flexibility index (Phi) is 3.40. The molecule has 0 saturated carbocycles. The standard InChI is InChI=1S/C14H14FNO/c1-10-5-2-3-8-13(10)17-14-11(9-16)6-4-7-12(14)15/h2-8H,9,16H2,1H3. The quantitative estimate of drug-likeness (QED) is 0.878. The normalized spacial score (nSPS) is 10.3. The van der Waals surface area contributed by atoms with Crippen LogP contribution in [-0.2, 0) is 6.54 Å². The summed E-state index contributed by atoms with van der Waals surface area (Å²) in [6.45, 7) is 2.16. The maximum atomic E-state index is 13.7. The SMILES string of the molecule is Cc1ccccc1Oc1c(F)cccc1CN. The van der Waals surface area contributed by atoms with E-state index >= 15 is 0 Å². The number of hydrogen-bond acceptors (Lipinski definition) is 2. The first-order chi connectivity index (χ1) is 8.22. The lowest BCUT2D eigenvalue weighted by Crippen LogP contribution is -2.01. The molecule has 2 aromatic carbocycles. The highest BCUT2D eigenvalue weighted by Crippen LogP contribution is 2.29. The lowest BCUT2D eigenvalue weighted by molar-refractivity contribution is 0.434. The van der Waals surface area contributed by atoms with Gasteiger partial charge in [0.15, 0.2) is 11.6 Å². The number of para-hydroxylation sites is 2. The van der Waals surface area contributed by atoms with Gasteiger partial charge in [-0.2, -0.15) is 0 Å². The van der Waals surface area contributed by atoms with Gasteiger partial charge in [0.25, 0.3) is 0 Å². The fourth-order valence-electron chi connectivity index (χ4n) is 1.61. The Bertz CT molecular complexity index is 525. The average molecular weight is 231 g/mol. The maximum Gasteiger partial charge on any atom is 0.167 e. The van der Waals surface area contributed by atoms with E-state index in [-0.39, 0.29) is 12.3 Å². The molecule has 0 aliphatic heterocycles. The molecule has 0 aliphatic carbocycles. The smallest absolute Gasteiger partial charge is 0.167 e. The van der Waals surface area contributed by atoms with Gasteiger partial charge in [0.05, 0.1) is 0 Å². The number of hydrogen-bond donors (Lipinski definition) is 1. The van der Waals surface area contributed by atoms with Crippen molar-refractivity contribution in [2.45, 2.75) is 13.5 Å². The summed E-state index contributed by atoms with van der Waals surface area (Å²) >= 11 is 0. The van der Waals surface area contributed by atoms with Gasteiger partial charge < -0.3 is 10.5 Å². The van der Waals surface area contributed by atoms with Crippen LogP contribution in [0.3, 0.4) is 0 Å². The van der Waals surface area contributed by atoms with E-state index in [1.54, 1.807) is 12.1 Å². The first-order valence-corrected chi connectivity index (χ1v) is 5.43. The highest BCUT2D eigenvalue weighted by molar-refractivity contribution is 5.41. The molecule has 0 amide bonds. The van der Waals surface area contributed by atoms with Crippen molar-refractivity contribution in [2.75, 3.05) is 0 Å². The van der Waals surface area contributed by atoms with Crippen LogP contribution in [0.5, 0.6) is 11.5 Å². The predicted molar refractivity (Wildman–Crippen MR) is 65.5 cm³/mol. The van der Waals surface area contributed by atoms with Crippen LogP contribution in [0.1, 0.15) is 11.1 Å². The molecular formula is C14H14FNO. The molecule has 0 unspecified atom stereocenters. The van der Waals surface area contributed by atoms with E-state index in [1.807, 2.05) is 31.2 Å². The number of nitrogens with two attached hydrogens (primary N) is 1. The monoisotopic (exact) mass is 231 g/mol. The summed E-state index contributed by atoms with van der Waals surface area (Å²) in [6.07, 6.45) is 0. The van der Waals surface area contributed by atoms with Crippen LogP contribution in [-0.4, -0.2) is 0 Å². The summed E-state index contributed by atoms with van der Waals surface area (Å²) in [4.78, 5) is 0. The minimum absolute atomic E-state index is 0.212. The topological polar surface area (TPSA) is 35.2 Å². The summed E-state index contributed by atoms with van der Waals surface area (Å²) in [7, 11) is 0. The molecule has 0 saturated heterocycles. The Labute approximate surface area is 99.8 Å². The average Bonchev–Trinajstić information content (AvgIpc) is 2.34. The molecule has 17 heavy (non-hydrogen) atoms. The van der Waals surface area contributed by atoms with Crippen molar-refractivity contribution in [3.8, 4) is 11.5 Å². The summed E-state index contributed by atoms with van der Waals surface area (Å²) in [5, 5.41) is 0. The van der Waals surface area contributed by atoms with Gasteiger partial charge in [-0.05, 0) is 24.6 Å². The van der Waals surface area contributed by atoms with Gasteiger partial charge in [0.2, 0.25) is 0 Å². The molecule has 0 heterocycles. The van der Waals surface area contributed by atoms with Gasteiger partial charge in [-0.25, -0.2) is 4.39 Å². The highest BCUT2D eigenvalue weighted by Gasteiger charge is 2.10. The van der Waals surface area contributed by atoms with Crippen LogP contribution in [0.2, 0.25) is 0 Å². The van der Waals surface area contributed by atoms with E-state index in [0.717, 1.165) is 5.56 Å². The van der Waals surface area contributed by atoms with Crippen LogP contribution in [0.25, 0.3) is 0 Å². The van der Waals surface area contributed by atoms with Gasteiger partial charge in [-0.3, -0.25) is 0 Å². The minimum atomic E-state index is -0.392. The van der Waals surface area contributed by atoms with Crippen molar-refractivity contribution >= 4 is 0 Å². The largest absolute Gasteiger partial charge is 0.454 e. The molecule has 0 atom stereocenters. The zero-order chi connectivity index (χ0) is 12.3. The van der Waals surface area contributed by atoms with E-state index < -0.39 is 5.82 Å². The molecule has 0 bridgehead atoms. The molecule has 0 aromatic heterocycles. The third kappa shape index (κ3) is 2.45. The Morgan fingerprint density at radius 2 is 1.88 bits per heavy atom. The molecule has 88 valence electrons. The molecule has 0 aliphatic rings. The molecular weight excluding hydrogens is 217 g/mol. The van der Waals surface area contributed by atoms with Crippen molar-refractivity contribution in [3.63, 3.8) is 0 Å². The number of ether oxygens (including phenoxy) is 1. The number of rotatable bonds is 3. The van der Waals surface area contributed by atoms with Crippen molar-refractivity contribution < 1.29 is 9.13 Å². The number of aryl methyl sites for hydroxylation is 1. The van der Waals surface area contributed by atoms with Crippen molar-refractivity contribution in [1.82, 2.24) is 0 Å². The van der Waals surface area contributed by atoms with Gasteiger partial charge >= 0.3 is 0 Å². The van der Waals surface area contributed by atoms with Crippen LogP contribution in [0.15, 0.2) is 42.5 Å². The van der Waals surface area contributed by atoms with Crippen molar-refractivity contribution in [2.24, 2.45) is 5.73 Å². The van der Waals surface area contributed by atoms with Gasteiger partial charge in [-0.15, -0.1) is 0 Å². The molecule has 2 rings (SSSR count). The summed E-state index contributed by atoms with van der Waals surface area (Å²) in [6, 6.07) is 12.2. The van der Waals surface area contributed by atoms with Crippen molar-refractivity contribution in [3.05, 3.63) is 59.4 Å². The molecule has 0 fully saturated rings. The summed E-state index contributed by atoms with van der Waals surface area (Å²) in [5.74, 6) is 0.466. The van der Waals surface area contributed by atoms with E-state index in [2.05, 4.69) is 0 Å². The fourth-order valence-corrected chi connectivity index (χ4v) is 1.61. The van der Waals surface area contributed by atoms with Gasteiger partial charge in [-0.1, -0.05) is 30.3 Å². The zero-order valence-corrected chi connectivity index (χ0v) is 9.61. The number of halogens is 1. The van der Waals surface area contributed by atoms with Gasteiger partial charge in [0, 0.05) is 12.1 Å². The Hall–Kier alpha value is -1.87. The van der Waals surface area contributed by atoms with E-state index in [9.17, 15) is 4.39 Å².